The normalized spacial score (nSPS) is 19.6. The average molecular weight is 329 g/mol. The molecule has 1 heterocycles. The third kappa shape index (κ3) is 4.21. The van der Waals surface area contributed by atoms with Gasteiger partial charge in [0.25, 0.3) is 0 Å². The predicted molar refractivity (Wildman–Crippen MR) is 93.2 cm³/mol. The summed E-state index contributed by atoms with van der Waals surface area (Å²) < 4.78 is 23.0. The molecule has 0 unspecified atom stereocenters. The summed E-state index contributed by atoms with van der Waals surface area (Å²) in [5.41, 5.74) is 2.59. The molecular weight excluding hydrogens is 306 g/mol. The predicted octanol–water partition coefficient (Wildman–Crippen LogP) is 3.47. The van der Waals surface area contributed by atoms with Gasteiger partial charge in [0.15, 0.2) is 9.84 Å². The van der Waals surface area contributed by atoms with Gasteiger partial charge in [-0.1, -0.05) is 42.5 Å². The number of benzene rings is 2. The lowest BCUT2D eigenvalue weighted by atomic mass is 9.90. The van der Waals surface area contributed by atoms with Crippen LogP contribution in [0.4, 0.5) is 0 Å². The average Bonchev–Trinajstić information content (AvgIpc) is 2.56. The van der Waals surface area contributed by atoms with Gasteiger partial charge < -0.3 is 0 Å². The van der Waals surface area contributed by atoms with Crippen molar-refractivity contribution in [2.24, 2.45) is 0 Å². The van der Waals surface area contributed by atoms with E-state index in [9.17, 15) is 8.42 Å². The molecule has 0 aliphatic carbocycles. The molecule has 0 N–H and O–H groups in total. The second kappa shape index (κ2) is 6.85. The van der Waals surface area contributed by atoms with Crippen LogP contribution in [0.5, 0.6) is 0 Å². The number of nitrogens with zero attached hydrogens (tertiary/aromatic N) is 1. The number of likely N-dealkylation sites (tertiary alicyclic amines) is 1. The van der Waals surface area contributed by atoms with Gasteiger partial charge in [-0.2, -0.15) is 0 Å². The molecule has 0 radical (unpaired) electrons. The number of hydrogen-bond acceptors (Lipinski definition) is 3. The summed E-state index contributed by atoms with van der Waals surface area (Å²) in [5.74, 6) is 0.597. The maximum Gasteiger partial charge on any atom is 0.175 e. The summed E-state index contributed by atoms with van der Waals surface area (Å²) in [6.45, 7) is 3.06. The highest BCUT2D eigenvalue weighted by Gasteiger charge is 2.21. The van der Waals surface area contributed by atoms with Crippen LogP contribution in [0.1, 0.15) is 29.9 Å². The van der Waals surface area contributed by atoms with Gasteiger partial charge in [-0.25, -0.2) is 8.42 Å². The van der Waals surface area contributed by atoms with Crippen LogP contribution in [0.3, 0.4) is 0 Å². The molecule has 4 heteroatoms. The highest BCUT2D eigenvalue weighted by Crippen LogP contribution is 2.27. The Bertz CT molecular complexity index is 739. The first kappa shape index (κ1) is 16.2. The van der Waals surface area contributed by atoms with Crippen molar-refractivity contribution in [3.63, 3.8) is 0 Å². The molecular formula is C19H23NO2S. The standard InChI is InChI=1S/C19H23NO2S/c1-23(21,22)19-11-9-16(10-12-19)14-20-13-5-8-18(15-20)17-6-3-2-4-7-17/h2-4,6-7,9-12,18H,5,8,13-15H2,1H3/t18-/m0/s1. The highest BCUT2D eigenvalue weighted by atomic mass is 32.2. The molecule has 0 bridgehead atoms. The fourth-order valence-corrected chi connectivity index (χ4v) is 3.93. The van der Waals surface area contributed by atoms with E-state index in [0.29, 0.717) is 10.8 Å². The Morgan fingerprint density at radius 3 is 2.39 bits per heavy atom. The minimum atomic E-state index is -3.11. The molecule has 1 aliphatic rings. The van der Waals surface area contributed by atoms with Gasteiger partial charge in [0.05, 0.1) is 4.90 Å². The lowest BCUT2D eigenvalue weighted by Gasteiger charge is -2.33. The molecule has 0 spiro atoms. The van der Waals surface area contributed by atoms with Gasteiger partial charge in [0.2, 0.25) is 0 Å². The van der Waals surface area contributed by atoms with Gasteiger partial charge in [0.1, 0.15) is 0 Å². The lowest BCUT2D eigenvalue weighted by Crippen LogP contribution is -2.33. The molecule has 3 rings (SSSR count). The maximum atomic E-state index is 11.5. The Morgan fingerprint density at radius 1 is 1.04 bits per heavy atom. The van der Waals surface area contributed by atoms with Crippen molar-refractivity contribution in [3.05, 3.63) is 65.7 Å². The Hall–Kier alpha value is -1.65. The summed E-state index contributed by atoms with van der Waals surface area (Å²) in [4.78, 5) is 2.86. The van der Waals surface area contributed by atoms with Crippen molar-refractivity contribution in [1.29, 1.82) is 0 Å². The van der Waals surface area contributed by atoms with Gasteiger partial charge in [-0.15, -0.1) is 0 Å². The number of sulfone groups is 1. The van der Waals surface area contributed by atoms with Crippen molar-refractivity contribution in [1.82, 2.24) is 4.90 Å². The van der Waals surface area contributed by atoms with Crippen molar-refractivity contribution < 1.29 is 8.42 Å². The second-order valence-electron chi connectivity index (χ2n) is 6.40. The Labute approximate surface area is 138 Å². The molecule has 1 atom stereocenters. The largest absolute Gasteiger partial charge is 0.298 e. The fraction of sp³-hybridized carbons (Fsp3) is 0.368. The van der Waals surface area contributed by atoms with Gasteiger partial charge >= 0.3 is 0 Å². The quantitative estimate of drug-likeness (QED) is 0.862. The Kier molecular flexibility index (Phi) is 4.83. The third-order valence-corrected chi connectivity index (χ3v) is 5.66. The minimum absolute atomic E-state index is 0.391. The van der Waals surface area contributed by atoms with Gasteiger partial charge in [-0.3, -0.25) is 4.90 Å². The SMILES string of the molecule is CS(=O)(=O)c1ccc(CN2CCC[C@H](c3ccccc3)C2)cc1. The number of rotatable bonds is 4. The second-order valence-corrected chi connectivity index (χ2v) is 8.42. The molecule has 122 valence electrons. The summed E-state index contributed by atoms with van der Waals surface area (Å²) in [7, 11) is -3.11. The Balaban J connectivity index is 1.66. The van der Waals surface area contributed by atoms with Crippen molar-refractivity contribution in [2.75, 3.05) is 19.3 Å². The first-order valence-corrected chi connectivity index (χ1v) is 9.98. The van der Waals surface area contributed by atoms with Crippen LogP contribution < -0.4 is 0 Å². The third-order valence-electron chi connectivity index (χ3n) is 4.53. The van der Waals surface area contributed by atoms with E-state index in [1.165, 1.54) is 30.2 Å². The summed E-state index contributed by atoms with van der Waals surface area (Å²) in [6, 6.07) is 18.0. The summed E-state index contributed by atoms with van der Waals surface area (Å²) in [6.07, 6.45) is 3.70. The van der Waals surface area contributed by atoms with E-state index in [4.69, 9.17) is 0 Å². The van der Waals surface area contributed by atoms with Crippen molar-refractivity contribution >= 4 is 9.84 Å². The van der Waals surface area contributed by atoms with E-state index in [1.807, 2.05) is 12.1 Å². The van der Waals surface area contributed by atoms with Crippen LogP contribution in [0, 0.1) is 0 Å². The van der Waals surface area contributed by atoms with Gasteiger partial charge in [0, 0.05) is 19.3 Å². The monoisotopic (exact) mass is 329 g/mol. The fourth-order valence-electron chi connectivity index (χ4n) is 3.30. The van der Waals surface area contributed by atoms with Crippen LogP contribution >= 0.6 is 0 Å². The van der Waals surface area contributed by atoms with Gasteiger partial charge in [-0.05, 0) is 48.6 Å². The molecule has 1 aliphatic heterocycles. The van der Waals surface area contributed by atoms with E-state index in [1.54, 1.807) is 12.1 Å². The van der Waals surface area contributed by atoms with Crippen molar-refractivity contribution in [3.8, 4) is 0 Å². The lowest BCUT2D eigenvalue weighted by molar-refractivity contribution is 0.200. The van der Waals surface area contributed by atoms with E-state index in [0.717, 1.165) is 19.6 Å². The van der Waals surface area contributed by atoms with Crippen LogP contribution in [-0.4, -0.2) is 32.7 Å². The van der Waals surface area contributed by atoms with Crippen LogP contribution in [-0.2, 0) is 16.4 Å². The van der Waals surface area contributed by atoms with E-state index in [2.05, 4.69) is 35.2 Å². The van der Waals surface area contributed by atoms with Crippen LogP contribution in [0.15, 0.2) is 59.5 Å². The smallest absolute Gasteiger partial charge is 0.175 e. The van der Waals surface area contributed by atoms with E-state index >= 15 is 0 Å². The van der Waals surface area contributed by atoms with Crippen LogP contribution in [0.2, 0.25) is 0 Å². The van der Waals surface area contributed by atoms with E-state index in [-0.39, 0.29) is 0 Å². The summed E-state index contributed by atoms with van der Waals surface area (Å²) >= 11 is 0. The topological polar surface area (TPSA) is 37.4 Å². The number of hydrogen-bond donors (Lipinski definition) is 0. The molecule has 1 fully saturated rings. The zero-order valence-corrected chi connectivity index (χ0v) is 14.3. The Morgan fingerprint density at radius 2 is 1.74 bits per heavy atom. The van der Waals surface area contributed by atoms with E-state index < -0.39 is 9.84 Å². The molecule has 0 saturated carbocycles. The maximum absolute atomic E-state index is 11.5. The molecule has 1 saturated heterocycles. The zero-order chi connectivity index (χ0) is 16.3. The van der Waals surface area contributed by atoms with Crippen molar-refractivity contribution in [2.45, 2.75) is 30.2 Å². The summed E-state index contributed by atoms with van der Waals surface area (Å²) in [5, 5.41) is 0. The zero-order valence-electron chi connectivity index (χ0n) is 13.5. The molecule has 0 amide bonds. The minimum Gasteiger partial charge on any atom is -0.298 e. The number of piperidine rings is 1. The molecule has 2 aromatic rings. The molecule has 2 aromatic carbocycles. The first-order chi connectivity index (χ1) is 11.0. The van der Waals surface area contributed by atoms with Crippen LogP contribution in [0.25, 0.3) is 0 Å². The highest BCUT2D eigenvalue weighted by molar-refractivity contribution is 7.90. The molecule has 0 aromatic heterocycles. The molecule has 3 nitrogen and oxygen atoms in total. The first-order valence-electron chi connectivity index (χ1n) is 8.09. The molecule has 23 heavy (non-hydrogen) atoms.